The summed E-state index contributed by atoms with van der Waals surface area (Å²) in [6, 6.07) is -1.55. The normalized spacial score (nSPS) is 17.6. The molecule has 114 valence electrons. The third-order valence-corrected chi connectivity index (χ3v) is 3.17. The van der Waals surface area contributed by atoms with Crippen molar-refractivity contribution in [3.8, 4) is 0 Å². The first-order valence-electron chi connectivity index (χ1n) is 6.47. The van der Waals surface area contributed by atoms with Gasteiger partial charge in [0.25, 0.3) is 0 Å². The molecular formula is C12H21N3O5. The molecule has 1 fully saturated rings. The van der Waals surface area contributed by atoms with Crippen molar-refractivity contribution in [2.45, 2.75) is 18.9 Å². The number of likely N-dealkylation sites (N-methyl/N-ethyl adjacent to an activating group) is 1. The molecule has 0 aliphatic carbocycles. The number of carbonyl (C=O) groups is 3. The van der Waals surface area contributed by atoms with E-state index in [1.165, 1.54) is 12.0 Å². The van der Waals surface area contributed by atoms with Gasteiger partial charge in [0.15, 0.2) is 0 Å². The third kappa shape index (κ3) is 4.69. The lowest BCUT2D eigenvalue weighted by molar-refractivity contribution is -0.139. The zero-order chi connectivity index (χ0) is 15.1. The Bertz CT molecular complexity index is 374. The van der Waals surface area contributed by atoms with Gasteiger partial charge < -0.3 is 25.0 Å². The maximum absolute atomic E-state index is 12.0. The first-order valence-corrected chi connectivity index (χ1v) is 6.47. The SMILES string of the molecule is COCCC(NC(=O)N1CCCN(C)C(=O)C1)C(=O)O. The Balaban J connectivity index is 2.59. The van der Waals surface area contributed by atoms with E-state index in [2.05, 4.69) is 5.32 Å². The van der Waals surface area contributed by atoms with Crippen molar-refractivity contribution < 1.29 is 24.2 Å². The summed E-state index contributed by atoms with van der Waals surface area (Å²) in [4.78, 5) is 37.7. The highest BCUT2D eigenvalue weighted by Gasteiger charge is 2.26. The van der Waals surface area contributed by atoms with Crippen LogP contribution in [0.3, 0.4) is 0 Å². The van der Waals surface area contributed by atoms with Crippen LogP contribution in [0.5, 0.6) is 0 Å². The van der Waals surface area contributed by atoms with E-state index in [4.69, 9.17) is 9.84 Å². The van der Waals surface area contributed by atoms with Gasteiger partial charge in [0, 0.05) is 40.3 Å². The summed E-state index contributed by atoms with van der Waals surface area (Å²) in [6.07, 6.45) is 0.852. The minimum atomic E-state index is -1.12. The number of aliphatic carboxylic acids is 1. The molecule has 1 unspecified atom stereocenters. The quantitative estimate of drug-likeness (QED) is 0.700. The van der Waals surface area contributed by atoms with Crippen molar-refractivity contribution in [1.29, 1.82) is 0 Å². The first kappa shape index (κ1) is 16.2. The Labute approximate surface area is 117 Å². The number of nitrogens with one attached hydrogen (secondary N) is 1. The molecule has 3 amide bonds. The summed E-state index contributed by atoms with van der Waals surface area (Å²) in [5, 5.41) is 11.5. The van der Waals surface area contributed by atoms with Crippen molar-refractivity contribution in [3.63, 3.8) is 0 Å². The van der Waals surface area contributed by atoms with Gasteiger partial charge in [-0.3, -0.25) is 4.79 Å². The number of carboxylic acids is 1. The molecular weight excluding hydrogens is 266 g/mol. The minimum Gasteiger partial charge on any atom is -0.480 e. The van der Waals surface area contributed by atoms with E-state index >= 15 is 0 Å². The van der Waals surface area contributed by atoms with Crippen LogP contribution in [-0.2, 0) is 14.3 Å². The number of carbonyl (C=O) groups excluding carboxylic acids is 2. The Hall–Kier alpha value is -1.83. The third-order valence-electron chi connectivity index (χ3n) is 3.17. The van der Waals surface area contributed by atoms with Gasteiger partial charge in [-0.25, -0.2) is 9.59 Å². The molecule has 1 saturated heterocycles. The van der Waals surface area contributed by atoms with Crippen LogP contribution < -0.4 is 5.32 Å². The lowest BCUT2D eigenvalue weighted by atomic mass is 10.2. The summed E-state index contributed by atoms with van der Waals surface area (Å²) in [7, 11) is 3.15. The topological polar surface area (TPSA) is 99.2 Å². The van der Waals surface area contributed by atoms with Gasteiger partial charge in [-0.15, -0.1) is 0 Å². The lowest BCUT2D eigenvalue weighted by Gasteiger charge is -2.23. The van der Waals surface area contributed by atoms with Crippen molar-refractivity contribution in [2.24, 2.45) is 0 Å². The largest absolute Gasteiger partial charge is 0.480 e. The maximum atomic E-state index is 12.0. The first-order chi connectivity index (χ1) is 9.45. The summed E-state index contributed by atoms with van der Waals surface area (Å²) in [6.45, 7) is 1.23. The average molecular weight is 287 g/mol. The highest BCUT2D eigenvalue weighted by Crippen LogP contribution is 2.04. The Morgan fingerprint density at radius 3 is 2.75 bits per heavy atom. The van der Waals surface area contributed by atoms with Crippen molar-refractivity contribution in [2.75, 3.05) is 40.4 Å². The number of carboxylic acid groups (broad SMARTS) is 1. The number of nitrogens with zero attached hydrogens (tertiary/aromatic N) is 2. The van der Waals surface area contributed by atoms with E-state index in [1.54, 1.807) is 11.9 Å². The van der Waals surface area contributed by atoms with Gasteiger partial charge in [0.05, 0.1) is 0 Å². The molecule has 1 rings (SSSR count). The second kappa shape index (κ2) is 7.68. The Morgan fingerprint density at radius 2 is 2.15 bits per heavy atom. The molecule has 1 aliphatic heterocycles. The van der Waals surface area contributed by atoms with Crippen LogP contribution in [0.4, 0.5) is 4.79 Å². The van der Waals surface area contributed by atoms with Gasteiger partial charge in [-0.05, 0) is 6.42 Å². The smallest absolute Gasteiger partial charge is 0.326 e. The molecule has 1 aliphatic rings. The molecule has 0 spiro atoms. The Morgan fingerprint density at radius 1 is 1.45 bits per heavy atom. The molecule has 0 saturated carbocycles. The molecule has 0 radical (unpaired) electrons. The maximum Gasteiger partial charge on any atom is 0.326 e. The van der Waals surface area contributed by atoms with E-state index in [0.717, 1.165) is 0 Å². The molecule has 0 aromatic rings. The number of methoxy groups -OCH3 is 1. The number of rotatable bonds is 5. The fourth-order valence-electron chi connectivity index (χ4n) is 1.89. The van der Waals surface area contributed by atoms with Crippen molar-refractivity contribution in [1.82, 2.24) is 15.1 Å². The van der Waals surface area contributed by atoms with E-state index in [0.29, 0.717) is 19.5 Å². The number of amides is 3. The molecule has 0 aromatic carbocycles. The molecule has 8 nitrogen and oxygen atoms in total. The van der Waals surface area contributed by atoms with Crippen LogP contribution in [0.15, 0.2) is 0 Å². The van der Waals surface area contributed by atoms with E-state index in [9.17, 15) is 14.4 Å². The number of ether oxygens (including phenoxy) is 1. The highest BCUT2D eigenvalue weighted by atomic mass is 16.5. The second-order valence-electron chi connectivity index (χ2n) is 4.71. The van der Waals surface area contributed by atoms with Crippen LogP contribution in [0.25, 0.3) is 0 Å². The molecule has 0 bridgehead atoms. The van der Waals surface area contributed by atoms with Crippen LogP contribution in [0.2, 0.25) is 0 Å². The van der Waals surface area contributed by atoms with Gasteiger partial charge in [0.1, 0.15) is 12.6 Å². The van der Waals surface area contributed by atoms with Crippen LogP contribution in [0.1, 0.15) is 12.8 Å². The van der Waals surface area contributed by atoms with Crippen LogP contribution >= 0.6 is 0 Å². The minimum absolute atomic E-state index is 0.0288. The van der Waals surface area contributed by atoms with Gasteiger partial charge in [0.2, 0.25) is 5.91 Å². The second-order valence-corrected chi connectivity index (χ2v) is 4.71. The standard InChI is InChI=1S/C12H21N3O5/c1-14-5-3-6-15(8-10(14)16)12(19)13-9(11(17)18)4-7-20-2/h9H,3-8H2,1-2H3,(H,13,19)(H,17,18). The van der Waals surface area contributed by atoms with Crippen LogP contribution in [-0.4, -0.2) is 79.3 Å². The highest BCUT2D eigenvalue weighted by molar-refractivity contribution is 5.86. The average Bonchev–Trinajstić information content (AvgIpc) is 2.56. The summed E-state index contributed by atoms with van der Waals surface area (Å²) >= 11 is 0. The van der Waals surface area contributed by atoms with Crippen molar-refractivity contribution >= 4 is 17.9 Å². The molecule has 1 atom stereocenters. The molecule has 0 aromatic heterocycles. The number of hydrogen-bond acceptors (Lipinski definition) is 4. The summed E-state index contributed by atoms with van der Waals surface area (Å²) in [5.41, 5.74) is 0. The molecule has 1 heterocycles. The number of hydrogen-bond donors (Lipinski definition) is 2. The van der Waals surface area contributed by atoms with Gasteiger partial charge in [-0.2, -0.15) is 0 Å². The van der Waals surface area contributed by atoms with E-state index < -0.39 is 18.0 Å². The number of urea groups is 1. The predicted octanol–water partition coefficient (Wildman–Crippen LogP) is -0.650. The fraction of sp³-hybridized carbons (Fsp3) is 0.750. The van der Waals surface area contributed by atoms with Crippen molar-refractivity contribution in [3.05, 3.63) is 0 Å². The molecule has 2 N–H and O–H groups in total. The predicted molar refractivity (Wildman–Crippen MR) is 70.3 cm³/mol. The zero-order valence-electron chi connectivity index (χ0n) is 11.8. The Kier molecular flexibility index (Phi) is 6.23. The monoisotopic (exact) mass is 287 g/mol. The van der Waals surface area contributed by atoms with E-state index in [1.807, 2.05) is 0 Å². The summed E-state index contributed by atoms with van der Waals surface area (Å²) < 4.78 is 4.81. The fourth-order valence-corrected chi connectivity index (χ4v) is 1.89. The zero-order valence-corrected chi connectivity index (χ0v) is 11.8. The summed E-state index contributed by atoms with van der Waals surface area (Å²) in [5.74, 6) is -1.27. The van der Waals surface area contributed by atoms with E-state index in [-0.39, 0.29) is 25.5 Å². The van der Waals surface area contributed by atoms with Gasteiger partial charge in [-0.1, -0.05) is 0 Å². The lowest BCUT2D eigenvalue weighted by Crippen LogP contribution is -2.50. The van der Waals surface area contributed by atoms with Crippen LogP contribution in [0, 0.1) is 0 Å². The van der Waals surface area contributed by atoms with Gasteiger partial charge >= 0.3 is 12.0 Å². The molecule has 8 heteroatoms. The molecule has 20 heavy (non-hydrogen) atoms.